The number of phenolic OH excluding ortho intramolecular Hbond substituents is 1. The Hall–Kier alpha value is -2.56. The Morgan fingerprint density at radius 2 is 2.05 bits per heavy atom. The van der Waals surface area contributed by atoms with E-state index >= 15 is 0 Å². The second kappa shape index (κ2) is 4.85. The molecule has 2 heterocycles. The molecule has 0 spiro atoms. The van der Waals surface area contributed by atoms with Gasteiger partial charge in [-0.05, 0) is 43.7 Å². The minimum absolute atomic E-state index is 0.279. The van der Waals surface area contributed by atoms with Crippen LogP contribution in [0.3, 0.4) is 0 Å². The normalized spacial score (nSPS) is 10.9. The molecule has 5 heteroatoms. The highest BCUT2D eigenvalue weighted by Crippen LogP contribution is 2.25. The summed E-state index contributed by atoms with van der Waals surface area (Å²) >= 11 is 0. The van der Waals surface area contributed by atoms with Crippen LogP contribution in [-0.4, -0.2) is 26.7 Å². The molecule has 0 saturated heterocycles. The number of rotatable bonds is 3. The van der Waals surface area contributed by atoms with Crippen LogP contribution in [0.2, 0.25) is 0 Å². The molecule has 0 aliphatic rings. The Morgan fingerprint density at radius 3 is 2.80 bits per heavy atom. The predicted molar refractivity (Wildman–Crippen MR) is 76.9 cm³/mol. The Labute approximate surface area is 116 Å². The second-order valence-electron chi connectivity index (χ2n) is 4.54. The molecular weight excluding hydrogens is 254 g/mol. The molecule has 102 valence electrons. The average molecular weight is 269 g/mol. The third-order valence-electron chi connectivity index (χ3n) is 3.08. The zero-order chi connectivity index (χ0) is 14.1. The summed E-state index contributed by atoms with van der Waals surface area (Å²) in [7, 11) is 0. The van der Waals surface area contributed by atoms with E-state index in [9.17, 15) is 5.11 Å². The molecule has 2 N–H and O–H groups in total. The van der Waals surface area contributed by atoms with Crippen molar-refractivity contribution in [3.05, 3.63) is 35.9 Å². The minimum atomic E-state index is 0.279. The zero-order valence-electron chi connectivity index (χ0n) is 11.3. The van der Waals surface area contributed by atoms with Gasteiger partial charge in [-0.2, -0.15) is 4.98 Å². The SMILES string of the molecule is CCOc1ccc2[nH]c(-c3ccc(O)c(C)c3)nc2n1. The van der Waals surface area contributed by atoms with Crippen LogP contribution in [0.1, 0.15) is 12.5 Å². The molecule has 0 fully saturated rings. The van der Waals surface area contributed by atoms with Gasteiger partial charge in [-0.3, -0.25) is 0 Å². The van der Waals surface area contributed by atoms with Crippen LogP contribution < -0.4 is 4.74 Å². The van der Waals surface area contributed by atoms with Crippen molar-refractivity contribution in [1.82, 2.24) is 15.0 Å². The summed E-state index contributed by atoms with van der Waals surface area (Å²) in [5.74, 6) is 1.57. The molecule has 3 rings (SSSR count). The molecule has 5 nitrogen and oxygen atoms in total. The smallest absolute Gasteiger partial charge is 0.215 e. The number of aromatic nitrogens is 3. The largest absolute Gasteiger partial charge is 0.508 e. The van der Waals surface area contributed by atoms with Gasteiger partial charge < -0.3 is 14.8 Å². The van der Waals surface area contributed by atoms with Crippen LogP contribution in [0.25, 0.3) is 22.6 Å². The van der Waals surface area contributed by atoms with Crippen molar-refractivity contribution >= 4 is 11.2 Å². The van der Waals surface area contributed by atoms with Gasteiger partial charge in [-0.15, -0.1) is 0 Å². The molecule has 0 aliphatic heterocycles. The van der Waals surface area contributed by atoms with E-state index < -0.39 is 0 Å². The lowest BCUT2D eigenvalue weighted by molar-refractivity contribution is 0.328. The summed E-state index contributed by atoms with van der Waals surface area (Å²) in [6.07, 6.45) is 0. The number of benzene rings is 1. The van der Waals surface area contributed by atoms with Crippen LogP contribution in [0.15, 0.2) is 30.3 Å². The van der Waals surface area contributed by atoms with E-state index in [2.05, 4.69) is 15.0 Å². The monoisotopic (exact) mass is 269 g/mol. The summed E-state index contributed by atoms with van der Waals surface area (Å²) in [6, 6.07) is 9.09. The molecule has 20 heavy (non-hydrogen) atoms. The van der Waals surface area contributed by atoms with Crippen molar-refractivity contribution in [2.45, 2.75) is 13.8 Å². The van der Waals surface area contributed by atoms with Crippen molar-refractivity contribution in [2.75, 3.05) is 6.61 Å². The summed E-state index contributed by atoms with van der Waals surface area (Å²) in [6.45, 7) is 4.35. The van der Waals surface area contributed by atoms with Gasteiger partial charge in [0, 0.05) is 11.6 Å². The number of aromatic hydroxyl groups is 1. The molecule has 0 radical (unpaired) electrons. The highest BCUT2D eigenvalue weighted by Gasteiger charge is 2.08. The first-order valence-corrected chi connectivity index (χ1v) is 6.47. The van der Waals surface area contributed by atoms with Gasteiger partial charge in [-0.1, -0.05) is 0 Å². The lowest BCUT2D eigenvalue weighted by Crippen LogP contribution is -1.93. The summed E-state index contributed by atoms with van der Waals surface area (Å²) in [5, 5.41) is 9.57. The van der Waals surface area contributed by atoms with Gasteiger partial charge in [0.25, 0.3) is 0 Å². The molecule has 0 saturated carbocycles. The van der Waals surface area contributed by atoms with Gasteiger partial charge in [0.2, 0.25) is 5.88 Å². The number of aromatic amines is 1. The number of nitrogens with zero attached hydrogens (tertiary/aromatic N) is 2. The molecule has 1 aromatic carbocycles. The highest BCUT2D eigenvalue weighted by molar-refractivity contribution is 5.76. The zero-order valence-corrected chi connectivity index (χ0v) is 11.3. The third-order valence-corrected chi connectivity index (χ3v) is 3.08. The second-order valence-corrected chi connectivity index (χ2v) is 4.54. The Balaban J connectivity index is 2.05. The topological polar surface area (TPSA) is 71.0 Å². The lowest BCUT2D eigenvalue weighted by Gasteiger charge is -2.00. The molecule has 0 unspecified atom stereocenters. The third kappa shape index (κ3) is 2.18. The predicted octanol–water partition coefficient (Wildman–Crippen LogP) is 3.04. The van der Waals surface area contributed by atoms with E-state index in [1.54, 1.807) is 6.07 Å². The maximum absolute atomic E-state index is 9.57. The number of hydrogen-bond donors (Lipinski definition) is 2. The number of hydrogen-bond acceptors (Lipinski definition) is 4. The molecule has 0 bridgehead atoms. The molecule has 0 aliphatic carbocycles. The Kier molecular flexibility index (Phi) is 3.02. The fourth-order valence-corrected chi connectivity index (χ4v) is 2.04. The summed E-state index contributed by atoms with van der Waals surface area (Å²) < 4.78 is 5.37. The van der Waals surface area contributed by atoms with Crippen molar-refractivity contribution < 1.29 is 9.84 Å². The molecule has 0 atom stereocenters. The number of imidazole rings is 1. The van der Waals surface area contributed by atoms with Crippen LogP contribution in [-0.2, 0) is 0 Å². The number of fused-ring (bicyclic) bond motifs is 1. The van der Waals surface area contributed by atoms with Gasteiger partial charge >= 0.3 is 0 Å². The van der Waals surface area contributed by atoms with E-state index in [1.165, 1.54) is 0 Å². The number of aryl methyl sites for hydroxylation is 1. The van der Waals surface area contributed by atoms with Crippen molar-refractivity contribution in [3.63, 3.8) is 0 Å². The van der Waals surface area contributed by atoms with E-state index in [4.69, 9.17) is 4.74 Å². The quantitative estimate of drug-likeness (QED) is 0.766. The van der Waals surface area contributed by atoms with Crippen molar-refractivity contribution in [3.8, 4) is 23.0 Å². The molecular formula is C15H15N3O2. The molecule has 0 amide bonds. The lowest BCUT2D eigenvalue weighted by atomic mass is 10.1. The maximum Gasteiger partial charge on any atom is 0.215 e. The van der Waals surface area contributed by atoms with Gasteiger partial charge in [-0.25, -0.2) is 4.98 Å². The molecule has 3 aromatic rings. The van der Waals surface area contributed by atoms with E-state index in [-0.39, 0.29) is 5.75 Å². The minimum Gasteiger partial charge on any atom is -0.508 e. The number of nitrogens with one attached hydrogen (secondary N) is 1. The van der Waals surface area contributed by atoms with Crippen molar-refractivity contribution in [2.24, 2.45) is 0 Å². The number of pyridine rings is 1. The number of ether oxygens (including phenoxy) is 1. The van der Waals surface area contributed by atoms with E-state index in [1.807, 2.05) is 38.1 Å². The summed E-state index contributed by atoms with van der Waals surface area (Å²) in [5.41, 5.74) is 3.20. The first kappa shape index (κ1) is 12.5. The van der Waals surface area contributed by atoms with Crippen LogP contribution in [0.4, 0.5) is 0 Å². The van der Waals surface area contributed by atoms with Gasteiger partial charge in [0.15, 0.2) is 5.65 Å². The number of phenols is 1. The van der Waals surface area contributed by atoms with Gasteiger partial charge in [0.05, 0.1) is 12.1 Å². The fraction of sp³-hybridized carbons (Fsp3) is 0.200. The van der Waals surface area contributed by atoms with Crippen LogP contribution in [0.5, 0.6) is 11.6 Å². The Bertz CT molecular complexity index is 765. The maximum atomic E-state index is 9.57. The fourth-order valence-electron chi connectivity index (χ4n) is 2.04. The molecule has 2 aromatic heterocycles. The highest BCUT2D eigenvalue weighted by atomic mass is 16.5. The van der Waals surface area contributed by atoms with Gasteiger partial charge in [0.1, 0.15) is 11.6 Å². The Morgan fingerprint density at radius 1 is 1.20 bits per heavy atom. The summed E-state index contributed by atoms with van der Waals surface area (Å²) in [4.78, 5) is 12.0. The average Bonchev–Trinajstić information content (AvgIpc) is 2.85. The van der Waals surface area contributed by atoms with E-state index in [0.717, 1.165) is 22.5 Å². The van der Waals surface area contributed by atoms with Crippen LogP contribution in [0, 0.1) is 6.92 Å². The van der Waals surface area contributed by atoms with Crippen LogP contribution >= 0.6 is 0 Å². The first-order chi connectivity index (χ1) is 9.67. The number of H-pyrrole nitrogens is 1. The van der Waals surface area contributed by atoms with Crippen molar-refractivity contribution in [1.29, 1.82) is 0 Å². The van der Waals surface area contributed by atoms with E-state index in [0.29, 0.717) is 18.1 Å². The standard InChI is InChI=1S/C15H15N3O2/c1-3-20-13-7-5-11-15(17-13)18-14(16-11)10-4-6-12(19)9(2)8-10/h4-8,19H,3H2,1-2H3,(H,16,17,18). The first-order valence-electron chi connectivity index (χ1n) is 6.47.